The monoisotopic (exact) mass is 353 g/mol. The summed E-state index contributed by atoms with van der Waals surface area (Å²) in [6.07, 6.45) is 4.50. The summed E-state index contributed by atoms with van der Waals surface area (Å²) in [6, 6.07) is 10.4. The number of para-hydroxylation sites is 1. The van der Waals surface area contributed by atoms with Gasteiger partial charge in [-0.15, -0.1) is 0 Å². The predicted molar refractivity (Wildman–Crippen MR) is 99.3 cm³/mol. The summed E-state index contributed by atoms with van der Waals surface area (Å²) < 4.78 is 5.63. The maximum Gasteiger partial charge on any atom is 0.287 e. The molecular weight excluding hydrogens is 334 g/mol. The first kappa shape index (κ1) is 16.1. The lowest BCUT2D eigenvalue weighted by molar-refractivity contribution is 0.0916. The van der Waals surface area contributed by atoms with E-state index in [9.17, 15) is 9.59 Å². The van der Waals surface area contributed by atoms with Crippen molar-refractivity contribution in [2.24, 2.45) is 0 Å². The summed E-state index contributed by atoms with van der Waals surface area (Å²) in [5.74, 6) is -0.258. The molecule has 1 aromatic carbocycles. The Morgan fingerprint density at radius 1 is 1.20 bits per heavy atom. The largest absolute Gasteiger partial charge is 0.451 e. The minimum absolute atomic E-state index is 0.00675. The molecule has 0 saturated heterocycles. The summed E-state index contributed by atoms with van der Waals surface area (Å²) in [7, 11) is 0. The fourth-order valence-electron chi connectivity index (χ4n) is 3.74. The Bertz CT molecular complexity index is 952. The van der Waals surface area contributed by atoms with E-state index in [0.29, 0.717) is 17.5 Å². The lowest BCUT2D eigenvalue weighted by Gasteiger charge is -2.28. The van der Waals surface area contributed by atoms with Gasteiger partial charge in [0.25, 0.3) is 5.91 Å². The van der Waals surface area contributed by atoms with Crippen molar-refractivity contribution in [1.82, 2.24) is 5.32 Å². The molecular formula is C20H19NO3S. The molecule has 1 aliphatic rings. The Morgan fingerprint density at radius 2 is 2.00 bits per heavy atom. The van der Waals surface area contributed by atoms with Gasteiger partial charge in [0.05, 0.1) is 5.39 Å². The molecule has 1 saturated carbocycles. The first-order valence-electron chi connectivity index (χ1n) is 8.52. The smallest absolute Gasteiger partial charge is 0.287 e. The number of hydrogen-bond donors (Lipinski definition) is 1. The third-order valence-electron chi connectivity index (χ3n) is 5.14. The highest BCUT2D eigenvalue weighted by Gasteiger charge is 2.36. The number of benzene rings is 1. The van der Waals surface area contributed by atoms with Crippen LogP contribution in [-0.4, -0.2) is 12.5 Å². The van der Waals surface area contributed by atoms with Crippen molar-refractivity contribution in [3.05, 3.63) is 68.7 Å². The maximum absolute atomic E-state index is 12.6. The van der Waals surface area contributed by atoms with Crippen LogP contribution in [0.5, 0.6) is 0 Å². The lowest BCUT2D eigenvalue weighted by atomic mass is 9.80. The highest BCUT2D eigenvalue weighted by Crippen LogP contribution is 2.41. The second-order valence-corrected chi connectivity index (χ2v) is 7.43. The molecule has 0 unspecified atom stereocenters. The van der Waals surface area contributed by atoms with E-state index in [2.05, 4.69) is 22.1 Å². The van der Waals surface area contributed by atoms with Gasteiger partial charge in [-0.25, -0.2) is 0 Å². The van der Waals surface area contributed by atoms with Gasteiger partial charge in [0.1, 0.15) is 5.58 Å². The molecule has 1 aliphatic carbocycles. The molecule has 5 heteroatoms. The molecule has 0 bridgehead atoms. The molecule has 1 amide bonds. The maximum atomic E-state index is 12.6. The summed E-state index contributed by atoms with van der Waals surface area (Å²) in [5.41, 5.74) is 1.55. The van der Waals surface area contributed by atoms with Crippen LogP contribution in [-0.2, 0) is 5.41 Å². The van der Waals surface area contributed by atoms with Gasteiger partial charge < -0.3 is 9.73 Å². The molecule has 4 nitrogen and oxygen atoms in total. The molecule has 3 aromatic rings. The zero-order valence-electron chi connectivity index (χ0n) is 13.8. The zero-order valence-corrected chi connectivity index (χ0v) is 14.6. The van der Waals surface area contributed by atoms with Crippen molar-refractivity contribution in [1.29, 1.82) is 0 Å². The molecule has 128 valence electrons. The van der Waals surface area contributed by atoms with E-state index in [0.717, 1.165) is 12.8 Å². The van der Waals surface area contributed by atoms with Crippen LogP contribution in [0.4, 0.5) is 0 Å². The van der Waals surface area contributed by atoms with Crippen LogP contribution >= 0.6 is 11.3 Å². The first-order chi connectivity index (χ1) is 12.2. The van der Waals surface area contributed by atoms with Crippen molar-refractivity contribution >= 4 is 28.2 Å². The van der Waals surface area contributed by atoms with Gasteiger partial charge in [-0.05, 0) is 47.4 Å². The highest BCUT2D eigenvalue weighted by atomic mass is 32.1. The quantitative estimate of drug-likeness (QED) is 0.768. The molecule has 2 aromatic heterocycles. The van der Waals surface area contributed by atoms with Gasteiger partial charge in [-0.3, -0.25) is 9.59 Å². The number of amides is 1. The normalized spacial score (nSPS) is 16.2. The second kappa shape index (κ2) is 6.48. The molecule has 1 N–H and O–H groups in total. The zero-order chi connectivity index (χ0) is 17.3. The van der Waals surface area contributed by atoms with Gasteiger partial charge in [-0.1, -0.05) is 25.0 Å². The molecule has 2 heterocycles. The van der Waals surface area contributed by atoms with Crippen molar-refractivity contribution in [3.63, 3.8) is 0 Å². The van der Waals surface area contributed by atoms with Gasteiger partial charge >= 0.3 is 0 Å². The molecule has 0 atom stereocenters. The number of carbonyl (C=O) groups is 1. The number of thiophene rings is 1. The minimum atomic E-state index is -0.329. The number of nitrogens with one attached hydrogen (secondary N) is 1. The van der Waals surface area contributed by atoms with Gasteiger partial charge in [-0.2, -0.15) is 11.3 Å². The van der Waals surface area contributed by atoms with Crippen LogP contribution in [0.2, 0.25) is 0 Å². The number of carbonyl (C=O) groups excluding carboxylic acids is 1. The highest BCUT2D eigenvalue weighted by molar-refractivity contribution is 7.08. The topological polar surface area (TPSA) is 59.3 Å². The van der Waals surface area contributed by atoms with E-state index in [1.54, 1.807) is 35.6 Å². The summed E-state index contributed by atoms with van der Waals surface area (Å²) in [5, 5.41) is 7.74. The average Bonchev–Trinajstić information content (AvgIpc) is 3.32. The van der Waals surface area contributed by atoms with Crippen LogP contribution in [0.15, 0.2) is 56.4 Å². The third kappa shape index (κ3) is 3.00. The van der Waals surface area contributed by atoms with Crippen molar-refractivity contribution in [3.8, 4) is 0 Å². The van der Waals surface area contributed by atoms with E-state index in [4.69, 9.17) is 4.42 Å². The third-order valence-corrected chi connectivity index (χ3v) is 5.82. The Hall–Kier alpha value is -2.40. The van der Waals surface area contributed by atoms with Crippen LogP contribution in [0, 0.1) is 0 Å². The molecule has 4 rings (SSSR count). The summed E-state index contributed by atoms with van der Waals surface area (Å²) in [4.78, 5) is 24.7. The number of fused-ring (bicyclic) bond motifs is 1. The van der Waals surface area contributed by atoms with E-state index in [1.165, 1.54) is 24.5 Å². The van der Waals surface area contributed by atoms with E-state index in [-0.39, 0.29) is 22.5 Å². The Morgan fingerprint density at radius 3 is 2.76 bits per heavy atom. The van der Waals surface area contributed by atoms with Crippen molar-refractivity contribution < 1.29 is 9.21 Å². The predicted octanol–water partition coefficient (Wildman–Crippen LogP) is 4.10. The lowest BCUT2D eigenvalue weighted by Crippen LogP contribution is -2.39. The Kier molecular flexibility index (Phi) is 4.17. The van der Waals surface area contributed by atoms with Gasteiger partial charge in [0, 0.05) is 18.0 Å². The standard InChI is InChI=1S/C20H19NO3S/c22-16-11-18(24-17-6-2-1-5-15(16)17)19(23)21-13-20(8-3-4-9-20)14-7-10-25-12-14/h1-2,5-7,10-12H,3-4,8-9,13H2,(H,21,23). The molecule has 25 heavy (non-hydrogen) atoms. The molecule has 1 fully saturated rings. The van der Waals surface area contributed by atoms with Crippen LogP contribution in [0.1, 0.15) is 41.8 Å². The van der Waals surface area contributed by atoms with E-state index < -0.39 is 0 Å². The van der Waals surface area contributed by atoms with Crippen molar-refractivity contribution in [2.75, 3.05) is 6.54 Å². The molecule has 0 aliphatic heterocycles. The van der Waals surface area contributed by atoms with Crippen LogP contribution in [0.3, 0.4) is 0 Å². The first-order valence-corrected chi connectivity index (χ1v) is 9.46. The number of hydrogen-bond acceptors (Lipinski definition) is 4. The molecule has 0 spiro atoms. The van der Waals surface area contributed by atoms with Crippen LogP contribution < -0.4 is 10.7 Å². The summed E-state index contributed by atoms with van der Waals surface area (Å²) >= 11 is 1.69. The van der Waals surface area contributed by atoms with E-state index >= 15 is 0 Å². The average molecular weight is 353 g/mol. The Balaban J connectivity index is 1.57. The SMILES string of the molecule is O=C(NCC1(c2ccsc2)CCCC1)c1cc(=O)c2ccccc2o1. The fraction of sp³-hybridized carbons (Fsp3) is 0.300. The fourth-order valence-corrected chi connectivity index (χ4v) is 4.52. The molecule has 0 radical (unpaired) electrons. The van der Waals surface area contributed by atoms with Crippen molar-refractivity contribution in [2.45, 2.75) is 31.1 Å². The minimum Gasteiger partial charge on any atom is -0.451 e. The summed E-state index contributed by atoms with van der Waals surface area (Å²) in [6.45, 7) is 0.569. The van der Waals surface area contributed by atoms with Crippen LogP contribution in [0.25, 0.3) is 11.0 Å². The van der Waals surface area contributed by atoms with E-state index in [1.807, 2.05) is 0 Å². The Labute approximate surface area is 149 Å². The van der Waals surface area contributed by atoms with Gasteiger partial charge in [0.2, 0.25) is 0 Å². The van der Waals surface area contributed by atoms with Gasteiger partial charge in [0.15, 0.2) is 11.2 Å². The number of rotatable bonds is 4. The second-order valence-electron chi connectivity index (χ2n) is 6.65.